The standard InChI is InChI=1S/C23H30N2O3S/c1-18-11-14-25(15-12-18)29(27,28)22-10-4-9-21(17-22)23(26)24-13-5-8-20-7-3-6-19(2)16-20/h3-4,6-7,9-10,16-18H,5,8,11-15H2,1-2H3,(H,24,26). The van der Waals surface area contributed by atoms with Gasteiger partial charge in [0.05, 0.1) is 4.90 Å². The number of nitrogens with zero attached hydrogens (tertiary/aromatic N) is 1. The van der Waals surface area contributed by atoms with E-state index in [1.54, 1.807) is 18.2 Å². The van der Waals surface area contributed by atoms with Gasteiger partial charge >= 0.3 is 0 Å². The van der Waals surface area contributed by atoms with Gasteiger partial charge in [0.1, 0.15) is 0 Å². The number of nitrogens with one attached hydrogen (secondary N) is 1. The van der Waals surface area contributed by atoms with E-state index in [0.29, 0.717) is 31.1 Å². The van der Waals surface area contributed by atoms with Crippen LogP contribution in [0.3, 0.4) is 0 Å². The van der Waals surface area contributed by atoms with E-state index >= 15 is 0 Å². The molecule has 0 radical (unpaired) electrons. The van der Waals surface area contributed by atoms with Crippen LogP contribution in [0, 0.1) is 12.8 Å². The van der Waals surface area contributed by atoms with Gasteiger partial charge in [-0.25, -0.2) is 8.42 Å². The molecule has 1 fully saturated rings. The van der Waals surface area contributed by atoms with Gasteiger partial charge in [-0.15, -0.1) is 0 Å². The molecule has 29 heavy (non-hydrogen) atoms. The summed E-state index contributed by atoms with van der Waals surface area (Å²) in [4.78, 5) is 12.7. The molecule has 6 heteroatoms. The van der Waals surface area contributed by atoms with Gasteiger partial charge in [0.15, 0.2) is 0 Å². The molecule has 1 heterocycles. The Hall–Kier alpha value is -2.18. The van der Waals surface area contributed by atoms with E-state index in [1.165, 1.54) is 21.5 Å². The second kappa shape index (κ2) is 9.55. The second-order valence-corrected chi connectivity index (χ2v) is 9.90. The normalized spacial score (nSPS) is 15.9. The van der Waals surface area contributed by atoms with E-state index in [-0.39, 0.29) is 10.8 Å². The van der Waals surface area contributed by atoms with Crippen LogP contribution in [0.25, 0.3) is 0 Å². The predicted octanol–water partition coefficient (Wildman–Crippen LogP) is 3.78. The average molecular weight is 415 g/mol. The third-order valence-corrected chi connectivity index (χ3v) is 7.38. The maximum absolute atomic E-state index is 12.9. The predicted molar refractivity (Wildman–Crippen MR) is 115 cm³/mol. The highest BCUT2D eigenvalue weighted by molar-refractivity contribution is 7.89. The number of amides is 1. The molecular weight excluding hydrogens is 384 g/mol. The summed E-state index contributed by atoms with van der Waals surface area (Å²) in [6.45, 7) is 5.84. The minimum Gasteiger partial charge on any atom is -0.352 e. The molecule has 0 unspecified atom stereocenters. The lowest BCUT2D eigenvalue weighted by Crippen LogP contribution is -2.38. The molecule has 0 aliphatic carbocycles. The van der Waals surface area contributed by atoms with E-state index in [2.05, 4.69) is 37.4 Å². The zero-order valence-electron chi connectivity index (χ0n) is 17.2. The highest BCUT2D eigenvalue weighted by Crippen LogP contribution is 2.24. The van der Waals surface area contributed by atoms with Crippen molar-refractivity contribution in [2.45, 2.75) is 44.4 Å². The molecule has 0 atom stereocenters. The van der Waals surface area contributed by atoms with Gasteiger partial charge in [0.2, 0.25) is 10.0 Å². The number of sulfonamides is 1. The van der Waals surface area contributed by atoms with E-state index in [9.17, 15) is 13.2 Å². The molecule has 0 spiro atoms. The third kappa shape index (κ3) is 5.67. The Kier molecular flexibility index (Phi) is 7.09. The largest absolute Gasteiger partial charge is 0.352 e. The molecule has 1 saturated heterocycles. The molecule has 2 aromatic carbocycles. The van der Waals surface area contributed by atoms with Gasteiger partial charge in [-0.05, 0) is 62.3 Å². The number of piperidine rings is 1. The summed E-state index contributed by atoms with van der Waals surface area (Å²) < 4.78 is 27.3. The summed E-state index contributed by atoms with van der Waals surface area (Å²) in [5.41, 5.74) is 2.86. The van der Waals surface area contributed by atoms with Crippen molar-refractivity contribution in [3.8, 4) is 0 Å². The first kappa shape index (κ1) is 21.5. The number of aryl methyl sites for hydroxylation is 2. The smallest absolute Gasteiger partial charge is 0.251 e. The average Bonchev–Trinajstić information content (AvgIpc) is 2.71. The van der Waals surface area contributed by atoms with Crippen molar-refractivity contribution in [2.24, 2.45) is 5.92 Å². The molecule has 2 aromatic rings. The lowest BCUT2D eigenvalue weighted by Gasteiger charge is -2.29. The maximum atomic E-state index is 12.9. The lowest BCUT2D eigenvalue weighted by molar-refractivity contribution is 0.0953. The molecule has 1 N–H and O–H groups in total. The third-order valence-electron chi connectivity index (χ3n) is 5.49. The summed E-state index contributed by atoms with van der Waals surface area (Å²) in [5, 5.41) is 2.90. The molecule has 1 aliphatic heterocycles. The molecule has 0 bridgehead atoms. The minimum absolute atomic E-state index is 0.194. The SMILES string of the molecule is Cc1cccc(CCCNC(=O)c2cccc(S(=O)(=O)N3CCC(C)CC3)c2)c1. The van der Waals surface area contributed by atoms with Crippen LogP contribution in [0.5, 0.6) is 0 Å². The van der Waals surface area contributed by atoms with Gasteiger partial charge in [0.25, 0.3) is 5.91 Å². The highest BCUT2D eigenvalue weighted by Gasteiger charge is 2.28. The van der Waals surface area contributed by atoms with Gasteiger partial charge in [-0.2, -0.15) is 4.31 Å². The monoisotopic (exact) mass is 414 g/mol. The summed E-state index contributed by atoms with van der Waals surface area (Å²) in [6.07, 6.45) is 3.48. The van der Waals surface area contributed by atoms with Crippen molar-refractivity contribution in [3.63, 3.8) is 0 Å². The Morgan fingerprint density at radius 1 is 1.10 bits per heavy atom. The fourth-order valence-corrected chi connectivity index (χ4v) is 5.15. The summed E-state index contributed by atoms with van der Waals surface area (Å²) in [7, 11) is -3.55. The number of benzene rings is 2. The molecule has 0 aromatic heterocycles. The van der Waals surface area contributed by atoms with E-state index in [4.69, 9.17) is 0 Å². The van der Waals surface area contributed by atoms with Crippen LogP contribution < -0.4 is 5.32 Å². The lowest BCUT2D eigenvalue weighted by atomic mass is 10.0. The van der Waals surface area contributed by atoms with Gasteiger partial charge < -0.3 is 5.32 Å². The first-order valence-electron chi connectivity index (χ1n) is 10.3. The van der Waals surface area contributed by atoms with E-state index in [0.717, 1.165) is 25.7 Å². The molecular formula is C23H30N2O3S. The summed E-state index contributed by atoms with van der Waals surface area (Å²) in [6, 6.07) is 14.7. The first-order valence-corrected chi connectivity index (χ1v) is 11.7. The van der Waals surface area contributed by atoms with Gasteiger partial charge in [0, 0.05) is 25.2 Å². The number of carbonyl (C=O) groups is 1. The number of rotatable bonds is 7. The van der Waals surface area contributed by atoms with Gasteiger partial charge in [-0.3, -0.25) is 4.79 Å². The first-order chi connectivity index (χ1) is 13.9. The molecule has 1 amide bonds. The van der Waals surface area contributed by atoms with E-state index < -0.39 is 10.0 Å². The molecule has 0 saturated carbocycles. The quantitative estimate of drug-likeness (QED) is 0.701. The fourth-order valence-electron chi connectivity index (χ4n) is 3.64. The van der Waals surface area contributed by atoms with Crippen LogP contribution in [0.1, 0.15) is 47.7 Å². The molecule has 1 aliphatic rings. The molecule has 3 rings (SSSR count). The fraction of sp³-hybridized carbons (Fsp3) is 0.435. The van der Waals surface area contributed by atoms with Crippen molar-refractivity contribution in [1.82, 2.24) is 9.62 Å². The Morgan fingerprint density at radius 2 is 1.83 bits per heavy atom. The van der Waals surface area contributed by atoms with Crippen LogP contribution in [-0.2, 0) is 16.4 Å². The van der Waals surface area contributed by atoms with Gasteiger partial charge in [-0.1, -0.05) is 42.8 Å². The molecule has 156 valence electrons. The zero-order chi connectivity index (χ0) is 20.9. The van der Waals surface area contributed by atoms with Crippen LogP contribution >= 0.6 is 0 Å². The Balaban J connectivity index is 1.57. The topological polar surface area (TPSA) is 66.5 Å². The minimum atomic E-state index is -3.55. The number of carbonyl (C=O) groups excluding carboxylic acids is 1. The maximum Gasteiger partial charge on any atom is 0.251 e. The van der Waals surface area contributed by atoms with Crippen LogP contribution in [-0.4, -0.2) is 38.3 Å². The number of hydrogen-bond acceptors (Lipinski definition) is 3. The Labute approximate surface area is 174 Å². The molecule has 5 nitrogen and oxygen atoms in total. The van der Waals surface area contributed by atoms with Crippen molar-refractivity contribution < 1.29 is 13.2 Å². The van der Waals surface area contributed by atoms with Crippen molar-refractivity contribution in [1.29, 1.82) is 0 Å². The van der Waals surface area contributed by atoms with Crippen molar-refractivity contribution >= 4 is 15.9 Å². The van der Waals surface area contributed by atoms with Crippen molar-refractivity contribution in [3.05, 3.63) is 65.2 Å². The van der Waals surface area contributed by atoms with Crippen LogP contribution in [0.15, 0.2) is 53.4 Å². The summed E-state index contributed by atoms with van der Waals surface area (Å²) >= 11 is 0. The van der Waals surface area contributed by atoms with Crippen molar-refractivity contribution in [2.75, 3.05) is 19.6 Å². The summed E-state index contributed by atoms with van der Waals surface area (Å²) in [5.74, 6) is 0.317. The zero-order valence-corrected chi connectivity index (χ0v) is 18.0. The van der Waals surface area contributed by atoms with E-state index in [1.807, 2.05) is 6.07 Å². The number of hydrogen-bond donors (Lipinski definition) is 1. The Morgan fingerprint density at radius 3 is 2.55 bits per heavy atom. The highest BCUT2D eigenvalue weighted by atomic mass is 32.2. The Bertz CT molecular complexity index is 948. The van der Waals surface area contributed by atoms with Crippen LogP contribution in [0.4, 0.5) is 0 Å². The van der Waals surface area contributed by atoms with Crippen LogP contribution in [0.2, 0.25) is 0 Å². The second-order valence-electron chi connectivity index (χ2n) is 7.96.